The van der Waals surface area contributed by atoms with Crippen molar-refractivity contribution in [3.63, 3.8) is 0 Å². The zero-order valence-electron chi connectivity index (χ0n) is 13.5. The second-order valence-electron chi connectivity index (χ2n) is 5.85. The molecule has 2 N–H and O–H groups in total. The summed E-state index contributed by atoms with van der Waals surface area (Å²) in [4.78, 5) is 10.7. The number of hydrogen-bond donors (Lipinski definition) is 2. The smallest absolute Gasteiger partial charge is 0.416 e. The van der Waals surface area contributed by atoms with Crippen LogP contribution < -0.4 is 0 Å². The minimum atomic E-state index is -4.59. The molecule has 0 saturated carbocycles. The van der Waals surface area contributed by atoms with E-state index in [0.29, 0.717) is 11.6 Å². The second-order valence-corrected chi connectivity index (χ2v) is 5.85. The highest BCUT2D eigenvalue weighted by Gasteiger charge is 2.32. The molecule has 2 aromatic carbocycles. The number of carboxylic acids is 1. The maximum absolute atomic E-state index is 14.2. The average molecular weight is 356 g/mol. The van der Waals surface area contributed by atoms with E-state index in [-0.39, 0.29) is 35.1 Å². The molecule has 2 aromatic rings. The van der Waals surface area contributed by atoms with Crippen LogP contribution in [0.1, 0.15) is 28.7 Å². The van der Waals surface area contributed by atoms with E-state index < -0.39 is 29.3 Å². The predicted octanol–water partition coefficient (Wildman–Crippen LogP) is 4.85. The first kappa shape index (κ1) is 18.8. The Labute approximate surface area is 141 Å². The molecule has 0 aliphatic carbocycles. The van der Waals surface area contributed by atoms with Crippen LogP contribution in [0.4, 0.5) is 17.6 Å². The number of halogens is 4. The van der Waals surface area contributed by atoms with Crippen LogP contribution in [0.3, 0.4) is 0 Å². The Balaban J connectivity index is 2.57. The Hall–Kier alpha value is -2.57. The van der Waals surface area contributed by atoms with E-state index in [4.69, 9.17) is 5.11 Å². The standard InChI is InChI=1S/C18H16F4O3/c1-9-6-13(18(20,21)22)8-14(23)16(9)12-5-10(2)17(19)11(7-12)3-4-15(24)25/h5-8,23H,3-4H2,1-2H3,(H,24,25). The molecule has 0 aliphatic heterocycles. The number of alkyl halides is 3. The zero-order valence-corrected chi connectivity index (χ0v) is 13.5. The number of phenols is 1. The van der Waals surface area contributed by atoms with Gasteiger partial charge in [0.15, 0.2) is 0 Å². The lowest BCUT2D eigenvalue weighted by Crippen LogP contribution is -2.06. The van der Waals surface area contributed by atoms with Crippen LogP contribution in [0.5, 0.6) is 5.75 Å². The van der Waals surface area contributed by atoms with E-state index in [1.165, 1.54) is 26.0 Å². The van der Waals surface area contributed by atoms with Crippen molar-refractivity contribution >= 4 is 5.97 Å². The summed E-state index contributed by atoms with van der Waals surface area (Å²) in [5.41, 5.74) is 0.0575. The van der Waals surface area contributed by atoms with Crippen LogP contribution >= 0.6 is 0 Å². The van der Waals surface area contributed by atoms with E-state index >= 15 is 0 Å². The Morgan fingerprint density at radius 3 is 2.24 bits per heavy atom. The molecule has 134 valence electrons. The van der Waals surface area contributed by atoms with Gasteiger partial charge < -0.3 is 10.2 Å². The molecule has 0 saturated heterocycles. The van der Waals surface area contributed by atoms with Crippen molar-refractivity contribution in [2.24, 2.45) is 0 Å². The minimum absolute atomic E-state index is 0.0592. The topological polar surface area (TPSA) is 57.5 Å². The van der Waals surface area contributed by atoms with Gasteiger partial charge in [-0.05, 0) is 66.8 Å². The Kier molecular flexibility index (Phi) is 5.06. The van der Waals surface area contributed by atoms with Crippen LogP contribution in [-0.2, 0) is 17.4 Å². The number of aryl methyl sites for hydroxylation is 3. The van der Waals surface area contributed by atoms with Gasteiger partial charge in [0.2, 0.25) is 0 Å². The van der Waals surface area contributed by atoms with Crippen molar-refractivity contribution in [1.82, 2.24) is 0 Å². The predicted molar refractivity (Wildman–Crippen MR) is 83.9 cm³/mol. The normalized spacial score (nSPS) is 11.6. The number of phenolic OH excluding ortho intramolecular Hbond substituents is 1. The molecule has 0 bridgehead atoms. The molecule has 3 nitrogen and oxygen atoms in total. The number of hydrogen-bond acceptors (Lipinski definition) is 2. The van der Waals surface area contributed by atoms with Crippen molar-refractivity contribution in [2.45, 2.75) is 32.9 Å². The molecule has 0 spiro atoms. The molecule has 7 heteroatoms. The lowest BCUT2D eigenvalue weighted by atomic mass is 9.93. The number of aliphatic carboxylic acids is 1. The van der Waals surface area contributed by atoms with Crippen molar-refractivity contribution in [2.75, 3.05) is 0 Å². The Morgan fingerprint density at radius 2 is 1.72 bits per heavy atom. The highest BCUT2D eigenvalue weighted by Crippen LogP contribution is 2.40. The van der Waals surface area contributed by atoms with E-state index in [1.807, 2.05) is 0 Å². The van der Waals surface area contributed by atoms with Gasteiger partial charge >= 0.3 is 12.1 Å². The van der Waals surface area contributed by atoms with E-state index in [0.717, 1.165) is 6.07 Å². The Morgan fingerprint density at radius 1 is 1.08 bits per heavy atom. The number of aromatic hydroxyl groups is 1. The summed E-state index contributed by atoms with van der Waals surface area (Å²) in [5, 5.41) is 18.8. The highest BCUT2D eigenvalue weighted by molar-refractivity contribution is 5.75. The number of rotatable bonds is 4. The highest BCUT2D eigenvalue weighted by atomic mass is 19.4. The van der Waals surface area contributed by atoms with E-state index in [1.54, 1.807) is 0 Å². The van der Waals surface area contributed by atoms with Gasteiger partial charge in [-0.2, -0.15) is 13.2 Å². The molecular weight excluding hydrogens is 340 g/mol. The molecule has 0 amide bonds. The van der Waals surface area contributed by atoms with E-state index in [9.17, 15) is 27.5 Å². The molecule has 0 atom stereocenters. The lowest BCUT2D eigenvalue weighted by Gasteiger charge is -2.15. The van der Waals surface area contributed by atoms with Crippen LogP contribution in [-0.4, -0.2) is 16.2 Å². The van der Waals surface area contributed by atoms with Gasteiger partial charge in [0.25, 0.3) is 0 Å². The number of benzene rings is 2. The van der Waals surface area contributed by atoms with Crippen molar-refractivity contribution in [1.29, 1.82) is 0 Å². The maximum atomic E-state index is 14.2. The summed E-state index contributed by atoms with van der Waals surface area (Å²) in [6.07, 6.45) is -4.93. The first-order chi connectivity index (χ1) is 11.5. The fourth-order valence-corrected chi connectivity index (χ4v) is 2.72. The molecule has 0 aliphatic rings. The van der Waals surface area contributed by atoms with E-state index in [2.05, 4.69) is 0 Å². The maximum Gasteiger partial charge on any atom is 0.416 e. The van der Waals surface area contributed by atoms with Gasteiger partial charge in [0.05, 0.1) is 5.56 Å². The van der Waals surface area contributed by atoms with Gasteiger partial charge in [-0.3, -0.25) is 4.79 Å². The van der Waals surface area contributed by atoms with Crippen molar-refractivity contribution in [3.8, 4) is 16.9 Å². The first-order valence-electron chi connectivity index (χ1n) is 7.42. The van der Waals surface area contributed by atoms with Gasteiger partial charge in [-0.15, -0.1) is 0 Å². The SMILES string of the molecule is Cc1cc(-c2c(C)cc(C(F)(F)F)cc2O)cc(CCC(=O)O)c1F. The summed E-state index contributed by atoms with van der Waals surface area (Å²) >= 11 is 0. The van der Waals surface area contributed by atoms with Crippen LogP contribution in [0.25, 0.3) is 11.1 Å². The van der Waals surface area contributed by atoms with Crippen molar-refractivity contribution < 1.29 is 32.6 Å². The summed E-state index contributed by atoms with van der Waals surface area (Å²) < 4.78 is 52.6. The third-order valence-electron chi connectivity index (χ3n) is 3.87. The Bertz CT molecular complexity index is 803. The minimum Gasteiger partial charge on any atom is -0.507 e. The molecule has 2 rings (SSSR count). The average Bonchev–Trinajstić information content (AvgIpc) is 2.47. The summed E-state index contributed by atoms with van der Waals surface area (Å²) in [7, 11) is 0. The fourth-order valence-electron chi connectivity index (χ4n) is 2.72. The van der Waals surface area contributed by atoms with Gasteiger partial charge in [0, 0.05) is 12.0 Å². The zero-order chi connectivity index (χ0) is 18.9. The lowest BCUT2D eigenvalue weighted by molar-refractivity contribution is -0.138. The molecule has 0 radical (unpaired) electrons. The number of carboxylic acid groups (broad SMARTS) is 1. The number of carbonyl (C=O) groups is 1. The summed E-state index contributed by atoms with van der Waals surface area (Å²) in [6, 6.07) is 4.30. The van der Waals surface area contributed by atoms with Crippen LogP contribution in [0.2, 0.25) is 0 Å². The molecule has 25 heavy (non-hydrogen) atoms. The fraction of sp³-hybridized carbons (Fsp3) is 0.278. The second kappa shape index (κ2) is 6.74. The largest absolute Gasteiger partial charge is 0.507 e. The van der Waals surface area contributed by atoms with Crippen molar-refractivity contribution in [3.05, 3.63) is 52.3 Å². The third-order valence-corrected chi connectivity index (χ3v) is 3.87. The molecular formula is C18H16F4O3. The van der Waals surface area contributed by atoms with Crippen LogP contribution in [0.15, 0.2) is 24.3 Å². The van der Waals surface area contributed by atoms with Gasteiger partial charge in [-0.25, -0.2) is 4.39 Å². The molecule has 0 aromatic heterocycles. The van der Waals surface area contributed by atoms with Gasteiger partial charge in [-0.1, -0.05) is 0 Å². The quantitative estimate of drug-likeness (QED) is 0.770. The molecule has 0 heterocycles. The summed E-state index contributed by atoms with van der Waals surface area (Å²) in [6.45, 7) is 2.89. The monoisotopic (exact) mass is 356 g/mol. The van der Waals surface area contributed by atoms with Gasteiger partial charge in [0.1, 0.15) is 11.6 Å². The first-order valence-corrected chi connectivity index (χ1v) is 7.42. The molecule has 0 unspecified atom stereocenters. The third kappa shape index (κ3) is 4.10. The molecule has 0 fully saturated rings. The van der Waals surface area contributed by atoms with Crippen LogP contribution in [0, 0.1) is 19.7 Å². The summed E-state index contributed by atoms with van der Waals surface area (Å²) in [5.74, 6) is -2.22.